The molecule has 0 radical (unpaired) electrons. The molecule has 0 aromatic heterocycles. The van der Waals surface area contributed by atoms with Crippen molar-refractivity contribution in [2.24, 2.45) is 0 Å². The van der Waals surface area contributed by atoms with E-state index in [2.05, 4.69) is 23.1 Å². The van der Waals surface area contributed by atoms with Crippen LogP contribution in [0.4, 0.5) is 10.5 Å². The Balaban J connectivity index is 1.54. The number of fused-ring (bicyclic) bond motifs is 2. The second kappa shape index (κ2) is 8.69. The highest BCUT2D eigenvalue weighted by Crippen LogP contribution is 2.37. The van der Waals surface area contributed by atoms with E-state index in [0.717, 1.165) is 48.7 Å². The van der Waals surface area contributed by atoms with Crippen molar-refractivity contribution in [1.82, 2.24) is 4.90 Å². The summed E-state index contributed by atoms with van der Waals surface area (Å²) in [5, 5.41) is 0. The number of carbonyl (C=O) groups excluding carboxylic acids is 1. The fourth-order valence-electron chi connectivity index (χ4n) is 4.20. The number of anilines is 1. The number of amides is 1. The summed E-state index contributed by atoms with van der Waals surface area (Å²) in [5.74, 6) is 1.82. The van der Waals surface area contributed by atoms with Crippen LogP contribution in [0.1, 0.15) is 37.5 Å². The van der Waals surface area contributed by atoms with Crippen LogP contribution in [0.2, 0.25) is 0 Å². The number of ether oxygens (including phenoxy) is 3. The maximum atomic E-state index is 12.5. The molecule has 2 aliphatic heterocycles. The van der Waals surface area contributed by atoms with Crippen LogP contribution < -0.4 is 14.4 Å². The molecule has 2 aromatic carbocycles. The summed E-state index contributed by atoms with van der Waals surface area (Å²) in [6.07, 6.45) is 1.38. The lowest BCUT2D eigenvalue weighted by molar-refractivity contribution is 0.0258. The first-order chi connectivity index (χ1) is 14.8. The van der Waals surface area contributed by atoms with Crippen molar-refractivity contribution in [3.05, 3.63) is 53.1 Å². The average Bonchev–Trinajstić information content (AvgIpc) is 2.94. The smallest absolute Gasteiger partial charge is 0.410 e. The van der Waals surface area contributed by atoms with Gasteiger partial charge >= 0.3 is 6.09 Å². The van der Waals surface area contributed by atoms with Gasteiger partial charge in [0.2, 0.25) is 0 Å². The fraction of sp³-hybridized carbons (Fsp3) is 0.480. The molecule has 1 amide bonds. The minimum Gasteiger partial charge on any atom is -0.496 e. The Morgan fingerprint density at radius 1 is 1.06 bits per heavy atom. The van der Waals surface area contributed by atoms with Crippen LogP contribution in [-0.4, -0.2) is 49.9 Å². The number of methoxy groups -OCH3 is 1. The van der Waals surface area contributed by atoms with Crippen molar-refractivity contribution >= 4 is 11.8 Å². The normalized spacial score (nSPS) is 16.0. The van der Waals surface area contributed by atoms with Crippen molar-refractivity contribution in [2.75, 3.05) is 38.3 Å². The predicted molar refractivity (Wildman–Crippen MR) is 121 cm³/mol. The summed E-state index contributed by atoms with van der Waals surface area (Å²) in [6.45, 7) is 9.28. The van der Waals surface area contributed by atoms with E-state index in [1.54, 1.807) is 7.11 Å². The van der Waals surface area contributed by atoms with E-state index in [1.165, 1.54) is 11.1 Å². The third-order valence-electron chi connectivity index (χ3n) is 5.75. The third kappa shape index (κ3) is 4.89. The Morgan fingerprint density at radius 2 is 1.77 bits per heavy atom. The summed E-state index contributed by atoms with van der Waals surface area (Å²) >= 11 is 0. The molecule has 0 N–H and O–H groups in total. The van der Waals surface area contributed by atoms with Gasteiger partial charge in [0.05, 0.1) is 19.3 Å². The molecule has 0 saturated carbocycles. The van der Waals surface area contributed by atoms with Crippen LogP contribution in [0.3, 0.4) is 0 Å². The Morgan fingerprint density at radius 3 is 2.48 bits per heavy atom. The van der Waals surface area contributed by atoms with Gasteiger partial charge in [0, 0.05) is 25.2 Å². The molecule has 2 aliphatic rings. The Kier molecular flexibility index (Phi) is 5.99. The summed E-state index contributed by atoms with van der Waals surface area (Å²) in [4.78, 5) is 16.7. The molecule has 0 spiro atoms. The van der Waals surface area contributed by atoms with Gasteiger partial charge in [-0.05, 0) is 62.9 Å². The molecule has 0 unspecified atom stereocenters. The molecule has 0 saturated heterocycles. The predicted octanol–water partition coefficient (Wildman–Crippen LogP) is 4.43. The van der Waals surface area contributed by atoms with E-state index < -0.39 is 5.60 Å². The van der Waals surface area contributed by atoms with Crippen molar-refractivity contribution < 1.29 is 19.0 Å². The van der Waals surface area contributed by atoms with Crippen molar-refractivity contribution in [3.63, 3.8) is 0 Å². The molecule has 166 valence electrons. The van der Waals surface area contributed by atoms with Gasteiger partial charge in [-0.25, -0.2) is 4.79 Å². The van der Waals surface area contributed by atoms with Crippen LogP contribution in [0, 0.1) is 0 Å². The van der Waals surface area contributed by atoms with Gasteiger partial charge in [-0.2, -0.15) is 0 Å². The number of rotatable bonds is 3. The lowest BCUT2D eigenvalue weighted by atomic mass is 10.00. The standard InChI is InChI=1S/C25H32N2O4/c1-25(2,3)31-24(28)26-11-9-18-15-21-23(16-19(18)10-12-26)30-14-13-27(21)17-20-7-5-6-8-22(20)29-4/h5-8,15-16H,9-14,17H2,1-4H3. The minimum atomic E-state index is -0.484. The molecular weight excluding hydrogens is 392 g/mol. The van der Waals surface area contributed by atoms with E-state index in [9.17, 15) is 4.79 Å². The molecule has 0 atom stereocenters. The largest absolute Gasteiger partial charge is 0.496 e. The lowest BCUT2D eigenvalue weighted by Crippen LogP contribution is -2.38. The second-order valence-electron chi connectivity index (χ2n) is 9.14. The summed E-state index contributed by atoms with van der Waals surface area (Å²) < 4.78 is 17.1. The van der Waals surface area contributed by atoms with Gasteiger partial charge in [0.1, 0.15) is 23.7 Å². The summed E-state index contributed by atoms with van der Waals surface area (Å²) in [5.41, 5.74) is 4.32. The molecule has 0 aliphatic carbocycles. The number of hydrogen-bond acceptors (Lipinski definition) is 5. The topological polar surface area (TPSA) is 51.2 Å². The summed E-state index contributed by atoms with van der Waals surface area (Å²) in [6, 6.07) is 12.6. The van der Waals surface area contributed by atoms with Crippen molar-refractivity contribution in [1.29, 1.82) is 0 Å². The SMILES string of the molecule is COc1ccccc1CN1CCOc2cc3c(cc21)CCN(C(=O)OC(C)(C)C)CC3. The molecule has 0 fully saturated rings. The van der Waals surface area contributed by atoms with Gasteiger partial charge < -0.3 is 24.0 Å². The van der Waals surface area contributed by atoms with E-state index >= 15 is 0 Å². The van der Waals surface area contributed by atoms with Crippen LogP contribution in [-0.2, 0) is 24.1 Å². The molecule has 6 nitrogen and oxygen atoms in total. The fourth-order valence-corrected chi connectivity index (χ4v) is 4.20. The number of nitrogens with zero attached hydrogens (tertiary/aromatic N) is 2. The van der Waals surface area contributed by atoms with Gasteiger partial charge in [-0.1, -0.05) is 18.2 Å². The van der Waals surface area contributed by atoms with E-state index in [-0.39, 0.29) is 6.09 Å². The second-order valence-corrected chi connectivity index (χ2v) is 9.14. The van der Waals surface area contributed by atoms with Gasteiger partial charge in [-0.15, -0.1) is 0 Å². The Bertz CT molecular complexity index is 951. The maximum Gasteiger partial charge on any atom is 0.410 e. The summed E-state index contributed by atoms with van der Waals surface area (Å²) in [7, 11) is 1.71. The molecule has 4 rings (SSSR count). The number of para-hydroxylation sites is 1. The van der Waals surface area contributed by atoms with Gasteiger partial charge in [0.15, 0.2) is 0 Å². The van der Waals surface area contributed by atoms with Crippen LogP contribution in [0.15, 0.2) is 36.4 Å². The number of benzene rings is 2. The van der Waals surface area contributed by atoms with Gasteiger partial charge in [0.25, 0.3) is 0 Å². The quantitative estimate of drug-likeness (QED) is 0.730. The minimum absolute atomic E-state index is 0.237. The van der Waals surface area contributed by atoms with E-state index in [1.807, 2.05) is 43.9 Å². The highest BCUT2D eigenvalue weighted by molar-refractivity contribution is 5.69. The van der Waals surface area contributed by atoms with Crippen LogP contribution in [0.5, 0.6) is 11.5 Å². The molecule has 31 heavy (non-hydrogen) atoms. The van der Waals surface area contributed by atoms with Gasteiger partial charge in [-0.3, -0.25) is 0 Å². The first kappa shape index (κ1) is 21.3. The Hall–Kier alpha value is -2.89. The number of carbonyl (C=O) groups is 1. The third-order valence-corrected chi connectivity index (χ3v) is 5.75. The number of hydrogen-bond donors (Lipinski definition) is 0. The molecular formula is C25H32N2O4. The zero-order chi connectivity index (χ0) is 22.0. The monoisotopic (exact) mass is 424 g/mol. The molecule has 2 heterocycles. The zero-order valence-electron chi connectivity index (χ0n) is 18.9. The average molecular weight is 425 g/mol. The molecule has 2 aromatic rings. The van der Waals surface area contributed by atoms with Crippen LogP contribution >= 0.6 is 0 Å². The first-order valence-electron chi connectivity index (χ1n) is 11.0. The van der Waals surface area contributed by atoms with Crippen molar-refractivity contribution in [3.8, 4) is 11.5 Å². The molecule has 6 heteroatoms. The highest BCUT2D eigenvalue weighted by Gasteiger charge is 2.27. The van der Waals surface area contributed by atoms with Crippen molar-refractivity contribution in [2.45, 2.75) is 45.8 Å². The Labute approximate surface area is 184 Å². The van der Waals surface area contributed by atoms with E-state index in [4.69, 9.17) is 14.2 Å². The first-order valence-corrected chi connectivity index (χ1v) is 11.0. The highest BCUT2D eigenvalue weighted by atomic mass is 16.6. The van der Waals surface area contributed by atoms with E-state index in [0.29, 0.717) is 19.7 Å². The van der Waals surface area contributed by atoms with Crippen LogP contribution in [0.25, 0.3) is 0 Å². The maximum absolute atomic E-state index is 12.5. The zero-order valence-corrected chi connectivity index (χ0v) is 18.9. The molecule has 0 bridgehead atoms. The lowest BCUT2D eigenvalue weighted by Gasteiger charge is -2.32.